The van der Waals surface area contributed by atoms with Crippen molar-refractivity contribution in [2.75, 3.05) is 0 Å². The average molecular weight is 463 g/mol. The lowest BCUT2D eigenvalue weighted by Gasteiger charge is -2.28. The molecule has 0 saturated heterocycles. The zero-order valence-electron chi connectivity index (χ0n) is 21.6. The molecular formula is C35H42. The highest BCUT2D eigenvalue weighted by atomic mass is 14.3. The van der Waals surface area contributed by atoms with Gasteiger partial charge in [0.2, 0.25) is 0 Å². The van der Waals surface area contributed by atoms with Gasteiger partial charge in [-0.25, -0.2) is 0 Å². The van der Waals surface area contributed by atoms with Crippen LogP contribution < -0.4 is 0 Å². The molecule has 0 N–H and O–H groups in total. The third-order valence-electron chi connectivity index (χ3n) is 8.77. The number of allylic oxidation sites excluding steroid dienone is 1. The second-order valence-electron chi connectivity index (χ2n) is 11.1. The van der Waals surface area contributed by atoms with Crippen LogP contribution >= 0.6 is 0 Å². The van der Waals surface area contributed by atoms with E-state index in [0.29, 0.717) is 5.92 Å². The average Bonchev–Trinajstić information content (AvgIpc) is 2.92. The molecule has 0 aliphatic heterocycles. The van der Waals surface area contributed by atoms with Crippen LogP contribution in [0.5, 0.6) is 0 Å². The van der Waals surface area contributed by atoms with Gasteiger partial charge in [-0.05, 0) is 121 Å². The highest BCUT2D eigenvalue weighted by Crippen LogP contribution is 2.39. The monoisotopic (exact) mass is 462 g/mol. The summed E-state index contributed by atoms with van der Waals surface area (Å²) in [5.74, 6) is 2.33. The zero-order chi connectivity index (χ0) is 24.0. The summed E-state index contributed by atoms with van der Waals surface area (Å²) in [5, 5.41) is 0. The molecule has 0 bridgehead atoms. The molecule has 0 heteroatoms. The zero-order valence-corrected chi connectivity index (χ0v) is 21.6. The molecule has 0 spiro atoms. The fourth-order valence-electron chi connectivity index (χ4n) is 6.55. The molecule has 1 atom stereocenters. The predicted molar refractivity (Wildman–Crippen MR) is 151 cm³/mol. The Morgan fingerprint density at radius 2 is 1.43 bits per heavy atom. The van der Waals surface area contributed by atoms with E-state index in [1.807, 2.05) is 0 Å². The molecular weight excluding hydrogens is 420 g/mol. The SMILES string of the molecule is C=CCCC1CCC(c2ccc(-c3ccc4c(c3)CCC(c3ccc(CCC)cc3)C4)cc2)CC1. The Labute approximate surface area is 213 Å². The fourth-order valence-corrected chi connectivity index (χ4v) is 6.55. The largest absolute Gasteiger partial charge is 0.103 e. The summed E-state index contributed by atoms with van der Waals surface area (Å²) in [6.07, 6.45) is 16.1. The molecule has 3 aromatic rings. The molecule has 1 unspecified atom stereocenters. The standard InChI is InChI=1S/C35H42/c1-3-5-7-27-10-12-28(13-11-27)29-16-18-31(19-17-29)33-21-23-34-24-32(20-22-35(34)25-33)30-14-8-26(6-4-2)9-15-30/h3,8-9,14-19,21,23,25,27-28,32H,1,4-7,10-13,20,22,24H2,2H3. The van der Waals surface area contributed by atoms with Crippen molar-refractivity contribution in [3.05, 3.63) is 107 Å². The normalized spacial score (nSPS) is 21.9. The van der Waals surface area contributed by atoms with Crippen molar-refractivity contribution in [3.63, 3.8) is 0 Å². The molecule has 2 aliphatic carbocycles. The molecule has 1 fully saturated rings. The van der Waals surface area contributed by atoms with Crippen molar-refractivity contribution in [1.82, 2.24) is 0 Å². The Balaban J connectivity index is 1.22. The van der Waals surface area contributed by atoms with Crippen molar-refractivity contribution in [2.45, 2.75) is 89.4 Å². The van der Waals surface area contributed by atoms with Gasteiger partial charge in [0, 0.05) is 0 Å². The van der Waals surface area contributed by atoms with Crippen LogP contribution in [0.4, 0.5) is 0 Å². The van der Waals surface area contributed by atoms with E-state index in [1.165, 1.54) is 92.9 Å². The second kappa shape index (κ2) is 11.4. The summed E-state index contributed by atoms with van der Waals surface area (Å²) in [4.78, 5) is 0. The van der Waals surface area contributed by atoms with Crippen LogP contribution in [0.3, 0.4) is 0 Å². The molecule has 0 heterocycles. The molecule has 0 amide bonds. The summed E-state index contributed by atoms with van der Waals surface area (Å²) in [5.41, 5.74) is 10.4. The van der Waals surface area contributed by atoms with Gasteiger partial charge in [0.25, 0.3) is 0 Å². The minimum atomic E-state index is 0.662. The summed E-state index contributed by atoms with van der Waals surface area (Å²) < 4.78 is 0. The van der Waals surface area contributed by atoms with E-state index in [2.05, 4.69) is 86.3 Å². The lowest BCUT2D eigenvalue weighted by molar-refractivity contribution is 0.312. The Hall–Kier alpha value is -2.60. The number of rotatable bonds is 8. The number of benzene rings is 3. The molecule has 0 nitrogen and oxygen atoms in total. The molecule has 3 aromatic carbocycles. The van der Waals surface area contributed by atoms with Crippen LogP contribution in [0.25, 0.3) is 11.1 Å². The highest BCUT2D eigenvalue weighted by Gasteiger charge is 2.23. The number of hydrogen-bond donors (Lipinski definition) is 0. The van der Waals surface area contributed by atoms with Crippen LogP contribution in [-0.2, 0) is 19.3 Å². The quantitative estimate of drug-likeness (QED) is 0.292. The van der Waals surface area contributed by atoms with Gasteiger partial charge in [-0.3, -0.25) is 0 Å². The van der Waals surface area contributed by atoms with E-state index in [9.17, 15) is 0 Å². The smallest absolute Gasteiger partial charge is 0.0118 e. The van der Waals surface area contributed by atoms with Gasteiger partial charge in [0.15, 0.2) is 0 Å². The van der Waals surface area contributed by atoms with Gasteiger partial charge in [0.1, 0.15) is 0 Å². The summed E-state index contributed by atoms with van der Waals surface area (Å²) in [6, 6.07) is 26.2. The Bertz CT molecular complexity index is 1090. The predicted octanol–water partition coefficient (Wildman–Crippen LogP) is 9.82. The first-order valence-corrected chi connectivity index (χ1v) is 14.2. The van der Waals surface area contributed by atoms with E-state index in [4.69, 9.17) is 0 Å². The van der Waals surface area contributed by atoms with Crippen molar-refractivity contribution < 1.29 is 0 Å². The van der Waals surface area contributed by atoms with E-state index in [1.54, 1.807) is 16.7 Å². The van der Waals surface area contributed by atoms with Crippen molar-refractivity contribution in [2.24, 2.45) is 5.92 Å². The van der Waals surface area contributed by atoms with E-state index >= 15 is 0 Å². The van der Waals surface area contributed by atoms with Gasteiger partial charge in [-0.2, -0.15) is 0 Å². The van der Waals surface area contributed by atoms with Crippen molar-refractivity contribution >= 4 is 0 Å². The van der Waals surface area contributed by atoms with Crippen LogP contribution in [0.2, 0.25) is 0 Å². The first-order valence-electron chi connectivity index (χ1n) is 14.2. The molecule has 182 valence electrons. The van der Waals surface area contributed by atoms with Gasteiger partial charge in [-0.15, -0.1) is 6.58 Å². The molecule has 2 aliphatic rings. The highest BCUT2D eigenvalue weighted by molar-refractivity contribution is 5.65. The number of fused-ring (bicyclic) bond motifs is 1. The maximum absolute atomic E-state index is 3.89. The summed E-state index contributed by atoms with van der Waals surface area (Å²) >= 11 is 0. The van der Waals surface area contributed by atoms with E-state index in [-0.39, 0.29) is 0 Å². The maximum Gasteiger partial charge on any atom is -0.0118 e. The van der Waals surface area contributed by atoms with Gasteiger partial charge >= 0.3 is 0 Å². The number of hydrogen-bond acceptors (Lipinski definition) is 0. The molecule has 0 aromatic heterocycles. The minimum Gasteiger partial charge on any atom is -0.103 e. The van der Waals surface area contributed by atoms with Gasteiger partial charge in [0.05, 0.1) is 0 Å². The van der Waals surface area contributed by atoms with Crippen molar-refractivity contribution in [3.8, 4) is 11.1 Å². The Morgan fingerprint density at radius 1 is 0.743 bits per heavy atom. The first kappa shape index (κ1) is 24.1. The Kier molecular flexibility index (Phi) is 7.87. The molecule has 5 rings (SSSR count). The summed E-state index contributed by atoms with van der Waals surface area (Å²) in [6.45, 7) is 6.14. The number of aryl methyl sites for hydroxylation is 2. The van der Waals surface area contributed by atoms with E-state index < -0.39 is 0 Å². The maximum atomic E-state index is 3.89. The molecule has 1 saturated carbocycles. The van der Waals surface area contributed by atoms with Crippen LogP contribution in [0.15, 0.2) is 79.4 Å². The lowest BCUT2D eigenvalue weighted by Crippen LogP contribution is -2.13. The molecule has 35 heavy (non-hydrogen) atoms. The van der Waals surface area contributed by atoms with Gasteiger partial charge in [-0.1, -0.05) is 86.2 Å². The third-order valence-corrected chi connectivity index (χ3v) is 8.77. The third kappa shape index (κ3) is 5.80. The molecule has 0 radical (unpaired) electrons. The van der Waals surface area contributed by atoms with Crippen LogP contribution in [0, 0.1) is 5.92 Å². The summed E-state index contributed by atoms with van der Waals surface area (Å²) in [7, 11) is 0. The first-order chi connectivity index (χ1) is 17.2. The minimum absolute atomic E-state index is 0.662. The Morgan fingerprint density at radius 3 is 2.14 bits per heavy atom. The van der Waals surface area contributed by atoms with Gasteiger partial charge < -0.3 is 0 Å². The topological polar surface area (TPSA) is 0 Å². The van der Waals surface area contributed by atoms with E-state index in [0.717, 1.165) is 11.8 Å². The lowest BCUT2D eigenvalue weighted by atomic mass is 9.77. The van der Waals surface area contributed by atoms with Crippen molar-refractivity contribution in [1.29, 1.82) is 0 Å². The van der Waals surface area contributed by atoms with Crippen LogP contribution in [-0.4, -0.2) is 0 Å². The van der Waals surface area contributed by atoms with Crippen LogP contribution in [0.1, 0.15) is 97.9 Å². The fraction of sp³-hybridized carbons (Fsp3) is 0.429. The second-order valence-corrected chi connectivity index (χ2v) is 11.1.